The summed E-state index contributed by atoms with van der Waals surface area (Å²) in [6.45, 7) is 2.50. The molecule has 0 aromatic heterocycles. The Hall–Kier alpha value is -1.40. The van der Waals surface area contributed by atoms with E-state index in [1.54, 1.807) is 12.1 Å². The summed E-state index contributed by atoms with van der Waals surface area (Å²) in [6.07, 6.45) is 0.994. The highest BCUT2D eigenvalue weighted by Gasteiger charge is 2.15. The molecule has 6 heteroatoms. The number of carbonyl (C=O) groups excluding carboxylic acids is 1. The Bertz CT molecular complexity index is 477. The van der Waals surface area contributed by atoms with Crippen LogP contribution in [0.5, 0.6) is 0 Å². The molecule has 0 aliphatic rings. The van der Waals surface area contributed by atoms with Crippen LogP contribution in [0.15, 0.2) is 22.7 Å². The molecule has 1 amide bonds. The molecular formula is C13H17BrN2O3. The molecule has 5 nitrogen and oxygen atoms in total. The Kier molecular flexibility index (Phi) is 5.98. The molecule has 0 saturated carbocycles. The largest absolute Gasteiger partial charge is 0.478 e. The van der Waals surface area contributed by atoms with E-state index in [1.807, 2.05) is 6.92 Å². The molecule has 1 aromatic rings. The van der Waals surface area contributed by atoms with Gasteiger partial charge in [0.15, 0.2) is 0 Å². The number of carboxylic acid groups (broad SMARTS) is 1. The third-order valence-corrected chi connectivity index (χ3v) is 3.44. The van der Waals surface area contributed by atoms with Crippen molar-refractivity contribution in [2.24, 2.45) is 11.7 Å². The number of halogens is 1. The highest BCUT2D eigenvalue weighted by Crippen LogP contribution is 2.26. The third kappa shape index (κ3) is 4.65. The number of para-hydroxylation sites is 1. The van der Waals surface area contributed by atoms with Gasteiger partial charge in [-0.05, 0) is 46.9 Å². The number of hydrogen-bond acceptors (Lipinski definition) is 3. The maximum Gasteiger partial charge on any atom is 0.337 e. The van der Waals surface area contributed by atoms with Crippen molar-refractivity contribution in [2.75, 3.05) is 11.9 Å². The molecule has 0 spiro atoms. The summed E-state index contributed by atoms with van der Waals surface area (Å²) in [5.74, 6) is -1.02. The summed E-state index contributed by atoms with van der Waals surface area (Å²) in [5, 5.41) is 11.7. The fraction of sp³-hybridized carbons (Fsp3) is 0.385. The van der Waals surface area contributed by atoms with E-state index >= 15 is 0 Å². The fourth-order valence-electron chi connectivity index (χ4n) is 1.53. The fourth-order valence-corrected chi connectivity index (χ4v) is 1.99. The van der Waals surface area contributed by atoms with Crippen LogP contribution < -0.4 is 11.1 Å². The van der Waals surface area contributed by atoms with Crippen LogP contribution in [0, 0.1) is 5.92 Å². The van der Waals surface area contributed by atoms with Crippen LogP contribution in [0.3, 0.4) is 0 Å². The van der Waals surface area contributed by atoms with Crippen molar-refractivity contribution in [2.45, 2.75) is 19.8 Å². The van der Waals surface area contributed by atoms with Crippen LogP contribution in [-0.2, 0) is 4.79 Å². The van der Waals surface area contributed by atoms with Crippen molar-refractivity contribution in [3.8, 4) is 0 Å². The van der Waals surface area contributed by atoms with Gasteiger partial charge >= 0.3 is 5.97 Å². The van der Waals surface area contributed by atoms with Gasteiger partial charge in [0.1, 0.15) is 0 Å². The van der Waals surface area contributed by atoms with E-state index in [0.29, 0.717) is 29.5 Å². The van der Waals surface area contributed by atoms with Crippen molar-refractivity contribution in [1.82, 2.24) is 0 Å². The number of nitrogens with two attached hydrogens (primary N) is 1. The van der Waals surface area contributed by atoms with Crippen LogP contribution in [0.2, 0.25) is 0 Å². The van der Waals surface area contributed by atoms with E-state index in [4.69, 9.17) is 10.8 Å². The molecule has 104 valence electrons. The summed E-state index contributed by atoms with van der Waals surface area (Å²) < 4.78 is 0.549. The second-order valence-electron chi connectivity index (χ2n) is 4.40. The topological polar surface area (TPSA) is 92.4 Å². The number of carbonyl (C=O) groups is 2. The van der Waals surface area contributed by atoms with E-state index < -0.39 is 5.97 Å². The maximum atomic E-state index is 11.8. The van der Waals surface area contributed by atoms with E-state index in [-0.39, 0.29) is 17.4 Å². The Labute approximate surface area is 120 Å². The minimum Gasteiger partial charge on any atom is -0.478 e. The Balaban J connectivity index is 2.76. The molecule has 1 aromatic carbocycles. The Morgan fingerprint density at radius 1 is 1.47 bits per heavy atom. The molecule has 0 aliphatic carbocycles. The van der Waals surface area contributed by atoms with Gasteiger partial charge in [0, 0.05) is 10.9 Å². The first-order valence-electron chi connectivity index (χ1n) is 5.97. The lowest BCUT2D eigenvalue weighted by Crippen LogP contribution is -2.18. The summed E-state index contributed by atoms with van der Waals surface area (Å²) >= 11 is 3.24. The number of carboxylic acids is 1. The Morgan fingerprint density at radius 2 is 2.16 bits per heavy atom. The summed E-state index contributed by atoms with van der Waals surface area (Å²) in [4.78, 5) is 22.9. The molecule has 0 fully saturated rings. The van der Waals surface area contributed by atoms with E-state index in [1.165, 1.54) is 6.07 Å². The number of hydrogen-bond donors (Lipinski definition) is 3. The molecule has 0 heterocycles. The molecule has 19 heavy (non-hydrogen) atoms. The maximum absolute atomic E-state index is 11.8. The van der Waals surface area contributed by atoms with Crippen LogP contribution in [0.1, 0.15) is 30.1 Å². The van der Waals surface area contributed by atoms with Crippen molar-refractivity contribution >= 4 is 33.5 Å². The minimum atomic E-state index is -1.08. The zero-order chi connectivity index (χ0) is 14.4. The number of amides is 1. The first kappa shape index (κ1) is 15.7. The molecule has 1 unspecified atom stereocenters. The average Bonchev–Trinajstić information content (AvgIpc) is 2.38. The van der Waals surface area contributed by atoms with Crippen molar-refractivity contribution in [1.29, 1.82) is 0 Å². The Morgan fingerprint density at radius 3 is 2.74 bits per heavy atom. The zero-order valence-electron chi connectivity index (χ0n) is 10.6. The molecular weight excluding hydrogens is 312 g/mol. The highest BCUT2D eigenvalue weighted by molar-refractivity contribution is 9.10. The molecule has 0 aliphatic heterocycles. The predicted molar refractivity (Wildman–Crippen MR) is 77.2 cm³/mol. The highest BCUT2D eigenvalue weighted by atomic mass is 79.9. The first-order chi connectivity index (χ1) is 8.95. The number of rotatable bonds is 6. The minimum absolute atomic E-state index is 0.0644. The number of nitrogens with one attached hydrogen (secondary N) is 1. The lowest BCUT2D eigenvalue weighted by Gasteiger charge is -2.12. The number of anilines is 1. The third-order valence-electron chi connectivity index (χ3n) is 2.78. The molecule has 0 radical (unpaired) electrons. The molecule has 0 saturated heterocycles. The smallest absolute Gasteiger partial charge is 0.337 e. The number of benzene rings is 1. The van der Waals surface area contributed by atoms with Crippen LogP contribution in [-0.4, -0.2) is 23.5 Å². The second kappa shape index (κ2) is 7.25. The van der Waals surface area contributed by atoms with Gasteiger partial charge in [0.05, 0.1) is 11.3 Å². The van der Waals surface area contributed by atoms with E-state index in [2.05, 4.69) is 21.2 Å². The SMILES string of the molecule is CC(CN)CCC(=O)Nc1c(Br)cccc1C(=O)O. The van der Waals surface area contributed by atoms with Gasteiger partial charge < -0.3 is 16.2 Å². The van der Waals surface area contributed by atoms with Crippen LogP contribution in [0.25, 0.3) is 0 Å². The van der Waals surface area contributed by atoms with Gasteiger partial charge in [-0.3, -0.25) is 4.79 Å². The van der Waals surface area contributed by atoms with Crippen molar-refractivity contribution in [3.63, 3.8) is 0 Å². The first-order valence-corrected chi connectivity index (χ1v) is 6.76. The van der Waals surface area contributed by atoms with Crippen molar-refractivity contribution < 1.29 is 14.7 Å². The van der Waals surface area contributed by atoms with Gasteiger partial charge in [-0.2, -0.15) is 0 Å². The normalized spacial score (nSPS) is 11.9. The lowest BCUT2D eigenvalue weighted by atomic mass is 10.1. The van der Waals surface area contributed by atoms with Crippen LogP contribution in [0.4, 0.5) is 5.69 Å². The van der Waals surface area contributed by atoms with E-state index in [9.17, 15) is 9.59 Å². The molecule has 0 bridgehead atoms. The van der Waals surface area contributed by atoms with Gasteiger partial charge in [0.2, 0.25) is 5.91 Å². The number of aromatic carboxylic acids is 1. The van der Waals surface area contributed by atoms with Gasteiger partial charge in [-0.25, -0.2) is 4.79 Å². The zero-order valence-corrected chi connectivity index (χ0v) is 12.2. The van der Waals surface area contributed by atoms with E-state index in [0.717, 1.165) is 0 Å². The molecule has 1 atom stereocenters. The predicted octanol–water partition coefficient (Wildman–Crippen LogP) is 2.46. The standard InChI is InChI=1S/C13H17BrN2O3/c1-8(7-15)5-6-11(17)16-12-9(13(18)19)3-2-4-10(12)14/h2-4,8H,5-7,15H2,1H3,(H,16,17)(H,18,19). The summed E-state index contributed by atoms with van der Waals surface area (Å²) in [5.41, 5.74) is 5.84. The molecule has 1 rings (SSSR count). The molecule has 4 N–H and O–H groups in total. The second-order valence-corrected chi connectivity index (χ2v) is 5.25. The monoisotopic (exact) mass is 328 g/mol. The quantitative estimate of drug-likeness (QED) is 0.747. The average molecular weight is 329 g/mol. The van der Waals surface area contributed by atoms with Crippen molar-refractivity contribution in [3.05, 3.63) is 28.2 Å². The van der Waals surface area contributed by atoms with Gasteiger partial charge in [-0.1, -0.05) is 13.0 Å². The summed E-state index contributed by atoms with van der Waals surface area (Å²) in [7, 11) is 0. The summed E-state index contributed by atoms with van der Waals surface area (Å²) in [6, 6.07) is 4.75. The van der Waals surface area contributed by atoms with Crippen LogP contribution >= 0.6 is 15.9 Å². The van der Waals surface area contributed by atoms with Gasteiger partial charge in [0.25, 0.3) is 0 Å². The van der Waals surface area contributed by atoms with Gasteiger partial charge in [-0.15, -0.1) is 0 Å². The lowest BCUT2D eigenvalue weighted by molar-refractivity contribution is -0.116.